The Bertz CT molecular complexity index is 749. The summed E-state index contributed by atoms with van der Waals surface area (Å²) in [6.45, 7) is 8.92. The second kappa shape index (κ2) is 6.07. The Hall–Kier alpha value is -0.870. The van der Waals surface area contributed by atoms with Gasteiger partial charge in [0.15, 0.2) is 0 Å². The van der Waals surface area contributed by atoms with Gasteiger partial charge in [-0.2, -0.15) is 0 Å². The molecule has 5 rings (SSSR count). The van der Waals surface area contributed by atoms with Crippen LogP contribution in [0.15, 0.2) is 30.3 Å². The summed E-state index contributed by atoms with van der Waals surface area (Å²) in [6.07, 6.45) is 5.70. The van der Waals surface area contributed by atoms with Crippen molar-refractivity contribution in [3.63, 3.8) is 0 Å². The summed E-state index contributed by atoms with van der Waals surface area (Å²) in [5.74, 6) is 2.80. The van der Waals surface area contributed by atoms with Crippen molar-refractivity contribution in [2.24, 2.45) is 29.1 Å². The molecule has 4 aliphatic carbocycles. The maximum absolute atomic E-state index is 13.2. The van der Waals surface area contributed by atoms with Gasteiger partial charge in [0.1, 0.15) is 0 Å². The van der Waals surface area contributed by atoms with Crippen LogP contribution in [0.25, 0.3) is 0 Å². The van der Waals surface area contributed by atoms with E-state index in [4.69, 9.17) is 0 Å². The number of hydrogen-bond donors (Lipinski definition) is 1. The number of rotatable bonds is 4. The molecule has 1 N–H and O–H groups in total. The fourth-order valence-electron chi connectivity index (χ4n) is 6.86. The van der Waals surface area contributed by atoms with Crippen LogP contribution in [0.4, 0.5) is 0 Å². The number of benzene rings is 1. The zero-order chi connectivity index (χ0) is 18.7. The Labute approximate surface area is 159 Å². The quantitative estimate of drug-likeness (QED) is 0.813. The van der Waals surface area contributed by atoms with Gasteiger partial charge < -0.3 is 0 Å². The molecule has 1 aromatic rings. The lowest BCUT2D eigenvalue weighted by Crippen LogP contribution is -2.64. The van der Waals surface area contributed by atoms with E-state index in [9.17, 15) is 8.42 Å². The summed E-state index contributed by atoms with van der Waals surface area (Å²) in [5, 5.41) is -0.505. The van der Waals surface area contributed by atoms with Crippen molar-refractivity contribution in [2.75, 3.05) is 0 Å². The predicted octanol–water partition coefficient (Wildman–Crippen LogP) is 4.91. The number of sulfonamides is 1. The Morgan fingerprint density at radius 3 is 2.15 bits per heavy atom. The van der Waals surface area contributed by atoms with E-state index in [2.05, 4.69) is 25.5 Å². The van der Waals surface area contributed by atoms with Gasteiger partial charge in [-0.25, -0.2) is 13.1 Å². The predicted molar refractivity (Wildman–Crippen MR) is 106 cm³/mol. The summed E-state index contributed by atoms with van der Waals surface area (Å²) >= 11 is 0. The first-order valence-electron chi connectivity index (χ1n) is 10.2. The van der Waals surface area contributed by atoms with E-state index >= 15 is 0 Å². The van der Waals surface area contributed by atoms with E-state index in [1.54, 1.807) is 0 Å². The van der Waals surface area contributed by atoms with Gasteiger partial charge in [-0.05, 0) is 73.7 Å². The molecule has 4 saturated carbocycles. The molecule has 4 bridgehead atoms. The van der Waals surface area contributed by atoms with Crippen molar-refractivity contribution in [2.45, 2.75) is 70.6 Å². The zero-order valence-corrected chi connectivity index (χ0v) is 17.4. The minimum absolute atomic E-state index is 0.194. The lowest BCUT2D eigenvalue weighted by molar-refractivity contribution is -0.0970. The maximum atomic E-state index is 13.2. The molecular weight excluding hydrogens is 342 g/mol. The largest absolute Gasteiger partial charge is 0.218 e. The molecule has 4 heteroatoms. The Kier molecular flexibility index (Phi) is 4.31. The summed E-state index contributed by atoms with van der Waals surface area (Å²) in [7, 11) is -3.38. The van der Waals surface area contributed by atoms with E-state index in [0.29, 0.717) is 23.2 Å². The van der Waals surface area contributed by atoms with Crippen molar-refractivity contribution in [1.82, 2.24) is 4.72 Å². The van der Waals surface area contributed by atoms with Gasteiger partial charge in [-0.15, -0.1) is 0 Å². The number of hydrogen-bond acceptors (Lipinski definition) is 2. The zero-order valence-electron chi connectivity index (χ0n) is 16.5. The molecule has 0 aliphatic heterocycles. The van der Waals surface area contributed by atoms with E-state index < -0.39 is 15.3 Å². The van der Waals surface area contributed by atoms with Crippen LogP contribution in [0.3, 0.4) is 0 Å². The summed E-state index contributed by atoms with van der Waals surface area (Å²) in [4.78, 5) is 0. The molecule has 3 atom stereocenters. The molecule has 0 heterocycles. The van der Waals surface area contributed by atoms with Gasteiger partial charge in [0, 0.05) is 5.54 Å². The van der Waals surface area contributed by atoms with Crippen molar-refractivity contribution in [3.05, 3.63) is 35.9 Å². The van der Waals surface area contributed by atoms with Crippen LogP contribution in [-0.4, -0.2) is 14.0 Å². The van der Waals surface area contributed by atoms with Gasteiger partial charge in [-0.3, -0.25) is 0 Å². The summed E-state index contributed by atoms with van der Waals surface area (Å²) in [6, 6.07) is 9.60. The second-order valence-electron chi connectivity index (χ2n) is 10.3. The topological polar surface area (TPSA) is 46.2 Å². The van der Waals surface area contributed by atoms with Crippen LogP contribution < -0.4 is 4.72 Å². The molecular formula is C22H33NO2S. The fourth-order valence-corrected chi connectivity index (χ4v) is 8.40. The highest BCUT2D eigenvalue weighted by Crippen LogP contribution is 2.62. The second-order valence-corrected chi connectivity index (χ2v) is 12.3. The Morgan fingerprint density at radius 1 is 1.04 bits per heavy atom. The van der Waals surface area contributed by atoms with Crippen LogP contribution in [-0.2, 0) is 10.0 Å². The van der Waals surface area contributed by atoms with Gasteiger partial charge in [-0.1, -0.05) is 51.1 Å². The van der Waals surface area contributed by atoms with E-state index in [0.717, 1.165) is 30.7 Å². The molecule has 0 spiro atoms. The smallest absolute Gasteiger partial charge is 0.212 e. The van der Waals surface area contributed by atoms with Crippen LogP contribution in [0.1, 0.15) is 70.6 Å². The lowest BCUT2D eigenvalue weighted by Gasteiger charge is -2.62. The van der Waals surface area contributed by atoms with E-state index in [-0.39, 0.29) is 5.54 Å². The average Bonchev–Trinajstić information content (AvgIpc) is 2.51. The third-order valence-corrected chi connectivity index (χ3v) is 9.29. The Morgan fingerprint density at radius 2 is 1.62 bits per heavy atom. The minimum Gasteiger partial charge on any atom is -0.212 e. The van der Waals surface area contributed by atoms with Crippen molar-refractivity contribution in [1.29, 1.82) is 0 Å². The first-order valence-corrected chi connectivity index (χ1v) is 11.7. The molecule has 0 aromatic heterocycles. The lowest BCUT2D eigenvalue weighted by atomic mass is 9.45. The fraction of sp³-hybridized carbons (Fsp3) is 0.727. The number of nitrogens with one attached hydrogen (secondary N) is 1. The molecule has 4 aliphatic rings. The van der Waals surface area contributed by atoms with Gasteiger partial charge in [0.2, 0.25) is 10.0 Å². The van der Waals surface area contributed by atoms with Crippen molar-refractivity contribution < 1.29 is 8.42 Å². The van der Waals surface area contributed by atoms with Crippen LogP contribution >= 0.6 is 0 Å². The monoisotopic (exact) mass is 375 g/mol. The molecule has 1 aromatic carbocycles. The van der Waals surface area contributed by atoms with Crippen LogP contribution in [0, 0.1) is 29.1 Å². The van der Waals surface area contributed by atoms with Crippen LogP contribution in [0.5, 0.6) is 0 Å². The first-order chi connectivity index (χ1) is 12.1. The average molecular weight is 376 g/mol. The molecule has 3 nitrogen and oxygen atoms in total. The van der Waals surface area contributed by atoms with Gasteiger partial charge in [0.05, 0.1) is 5.25 Å². The maximum Gasteiger partial charge on any atom is 0.218 e. The summed E-state index contributed by atoms with van der Waals surface area (Å²) in [5.41, 5.74) is 0.998. The molecule has 4 fully saturated rings. The van der Waals surface area contributed by atoms with Crippen LogP contribution in [0.2, 0.25) is 0 Å². The molecule has 26 heavy (non-hydrogen) atoms. The molecule has 0 saturated heterocycles. The normalized spacial score (nSPS) is 37.7. The van der Waals surface area contributed by atoms with Gasteiger partial charge >= 0.3 is 0 Å². The Balaban J connectivity index is 1.58. The standard InChI is InChI=1S/C22H33NO2S/c1-15(17-8-6-5-7-9-17)26(24,25)23-22-12-16-10-18(13-22)20(21(2,3)4)19(11-16)14-22/h5-9,15-16,18-20,23H,10-14H2,1-4H3/t15-,16?,18?,19?,20?,22?/m1/s1. The summed E-state index contributed by atoms with van der Waals surface area (Å²) < 4.78 is 29.6. The molecule has 2 unspecified atom stereocenters. The third-order valence-electron chi connectivity index (χ3n) is 7.37. The molecule has 0 amide bonds. The third kappa shape index (κ3) is 3.13. The highest BCUT2D eigenvalue weighted by atomic mass is 32.2. The minimum atomic E-state index is -3.38. The SMILES string of the molecule is C[C@H](c1ccccc1)S(=O)(=O)NC12CC3CC(C1)C(C(C)(C)C)C(C3)C2. The molecule has 0 radical (unpaired) electrons. The highest BCUT2D eigenvalue weighted by molar-refractivity contribution is 7.89. The van der Waals surface area contributed by atoms with Crippen molar-refractivity contribution >= 4 is 10.0 Å². The first kappa shape index (κ1) is 18.5. The van der Waals surface area contributed by atoms with E-state index in [1.807, 2.05) is 37.3 Å². The molecule has 144 valence electrons. The van der Waals surface area contributed by atoms with E-state index in [1.165, 1.54) is 12.8 Å². The van der Waals surface area contributed by atoms with Crippen molar-refractivity contribution in [3.8, 4) is 0 Å². The van der Waals surface area contributed by atoms with Gasteiger partial charge in [0.25, 0.3) is 0 Å². The highest BCUT2D eigenvalue weighted by Gasteiger charge is 2.58.